The third-order valence-corrected chi connectivity index (χ3v) is 3.16. The van der Waals surface area contributed by atoms with E-state index in [2.05, 4.69) is 8.83 Å². The van der Waals surface area contributed by atoms with E-state index in [9.17, 15) is 18.9 Å². The summed E-state index contributed by atoms with van der Waals surface area (Å²) in [5, 5.41) is 8.41. The molecule has 0 saturated heterocycles. The summed E-state index contributed by atoms with van der Waals surface area (Å²) in [4.78, 5) is 28.9. The molecule has 0 aliphatic heterocycles. The molecule has 8 nitrogen and oxygen atoms in total. The summed E-state index contributed by atoms with van der Waals surface area (Å²) in [5.41, 5.74) is 0.357. The van der Waals surface area contributed by atoms with Crippen molar-refractivity contribution in [1.29, 1.82) is 0 Å². The number of aliphatic hydroxyl groups is 1. The monoisotopic (exact) mass is 306 g/mol. The summed E-state index contributed by atoms with van der Waals surface area (Å²) in [6.45, 7) is 0.673. The molecule has 0 fully saturated rings. The molecule has 0 aliphatic rings. The quantitative estimate of drug-likeness (QED) is 0.280. The first kappa shape index (κ1) is 24.0. The molecule has 0 amide bonds. The minimum absolute atomic E-state index is 0. The molecule has 0 rings (SSSR count). The molecule has 2 atom stereocenters. The van der Waals surface area contributed by atoms with Crippen LogP contribution in [-0.4, -0.2) is 23.2 Å². The van der Waals surface area contributed by atoms with Crippen molar-refractivity contribution in [2.45, 2.75) is 6.92 Å². The van der Waals surface area contributed by atoms with Gasteiger partial charge in [-0.05, 0) is 12.5 Å². The summed E-state index contributed by atoms with van der Waals surface area (Å²) in [5.74, 6) is 0. The predicted molar refractivity (Wildman–Crippen MR) is 45.3 cm³/mol. The van der Waals surface area contributed by atoms with Crippen LogP contribution in [-0.2, 0) is 18.0 Å². The normalized spacial score (nSPS) is 18.3. The molecule has 0 bridgehead atoms. The molecule has 0 heterocycles. The Hall–Kier alpha value is 1.96. The molecule has 12 heteroatoms. The van der Waals surface area contributed by atoms with Crippen LogP contribution in [0.3, 0.4) is 0 Å². The second-order valence-corrected chi connectivity index (χ2v) is 5.25. The topological polar surface area (TPSA) is 139 Å². The summed E-state index contributed by atoms with van der Waals surface area (Å²) < 4.78 is 28.2. The van der Waals surface area contributed by atoms with Gasteiger partial charge in [0, 0.05) is 0 Å². The molecule has 2 unspecified atom stereocenters. The molecule has 0 aromatic carbocycles. The maximum absolute atomic E-state index is 10.7. The van der Waals surface area contributed by atoms with Gasteiger partial charge in [-0.15, -0.1) is 0 Å². The van der Waals surface area contributed by atoms with E-state index >= 15 is 0 Å². The minimum Gasteiger partial charge on any atom is -0.756 e. The van der Waals surface area contributed by atoms with E-state index in [-0.39, 0.29) is 65.7 Å². The molecule has 90 valence electrons. The largest absolute Gasteiger partial charge is 1.00 e. The van der Waals surface area contributed by atoms with Crippen molar-refractivity contribution >= 4 is 15.6 Å². The SMILES string of the molecule is C/C(=C\CO)COP(=O)([O-])OP(=O)([O-])O.[Na+].[Na+]. The van der Waals surface area contributed by atoms with Gasteiger partial charge in [-0.1, -0.05) is 6.08 Å². The van der Waals surface area contributed by atoms with Gasteiger partial charge in [0.05, 0.1) is 13.2 Å². The first-order chi connectivity index (χ1) is 6.66. The van der Waals surface area contributed by atoms with Crippen molar-refractivity contribution in [3.63, 3.8) is 0 Å². The van der Waals surface area contributed by atoms with E-state index in [0.29, 0.717) is 5.57 Å². The van der Waals surface area contributed by atoms with E-state index in [1.165, 1.54) is 13.0 Å². The van der Waals surface area contributed by atoms with Crippen molar-refractivity contribution in [1.82, 2.24) is 0 Å². The molecule has 0 aromatic rings. The second kappa shape index (κ2) is 10.7. The second-order valence-electron chi connectivity index (χ2n) is 2.50. The molecule has 0 aromatic heterocycles. The molecular weight excluding hydrogens is 296 g/mol. The number of hydrogen-bond acceptors (Lipinski definition) is 7. The Bertz CT molecular complexity index is 326. The van der Waals surface area contributed by atoms with Gasteiger partial charge in [0.15, 0.2) is 0 Å². The average Bonchev–Trinajstić information content (AvgIpc) is 1.97. The number of hydrogen-bond donors (Lipinski definition) is 2. The van der Waals surface area contributed by atoms with Crippen molar-refractivity contribution in [2.75, 3.05) is 13.2 Å². The van der Waals surface area contributed by atoms with Crippen LogP contribution in [0.25, 0.3) is 0 Å². The van der Waals surface area contributed by atoms with Gasteiger partial charge >= 0.3 is 59.1 Å². The van der Waals surface area contributed by atoms with Gasteiger partial charge in [0.2, 0.25) is 0 Å². The Morgan fingerprint density at radius 1 is 1.35 bits per heavy atom. The number of phosphoric acid groups is 2. The Labute approximate surface area is 143 Å². The van der Waals surface area contributed by atoms with E-state index in [1.54, 1.807) is 0 Å². The average molecular weight is 306 g/mol. The molecule has 0 radical (unpaired) electrons. The maximum Gasteiger partial charge on any atom is 1.00 e. The molecule has 0 spiro atoms. The van der Waals surface area contributed by atoms with E-state index in [1.807, 2.05) is 0 Å². The fourth-order valence-corrected chi connectivity index (χ4v) is 2.11. The zero-order valence-electron chi connectivity index (χ0n) is 9.73. The van der Waals surface area contributed by atoms with Gasteiger partial charge in [-0.2, -0.15) is 0 Å². The van der Waals surface area contributed by atoms with Gasteiger partial charge in [0.25, 0.3) is 15.6 Å². The number of phosphoric ester groups is 1. The van der Waals surface area contributed by atoms with Crippen LogP contribution in [0, 0.1) is 0 Å². The Kier molecular flexibility index (Phi) is 15.1. The van der Waals surface area contributed by atoms with Crippen LogP contribution in [0.5, 0.6) is 0 Å². The van der Waals surface area contributed by atoms with Gasteiger partial charge in [0.1, 0.15) is 0 Å². The fourth-order valence-electron chi connectivity index (χ4n) is 0.546. The maximum atomic E-state index is 10.7. The molecule has 17 heavy (non-hydrogen) atoms. The first-order valence-electron chi connectivity index (χ1n) is 3.63. The molecule has 0 aliphatic carbocycles. The van der Waals surface area contributed by atoms with Crippen LogP contribution in [0.1, 0.15) is 6.92 Å². The van der Waals surface area contributed by atoms with Crippen molar-refractivity contribution < 1.29 is 96.9 Å². The van der Waals surface area contributed by atoms with E-state index in [4.69, 9.17) is 10.00 Å². The predicted octanol–water partition coefficient (Wildman–Crippen LogP) is -7.10. The Balaban J connectivity index is -0.000000980. The van der Waals surface area contributed by atoms with Crippen LogP contribution in [0.4, 0.5) is 0 Å². The van der Waals surface area contributed by atoms with Crippen molar-refractivity contribution in [3.05, 3.63) is 11.6 Å². The zero-order valence-corrected chi connectivity index (χ0v) is 15.5. The third-order valence-electron chi connectivity index (χ3n) is 1.09. The summed E-state index contributed by atoms with van der Waals surface area (Å²) in [7, 11) is -10.5. The Morgan fingerprint density at radius 3 is 2.18 bits per heavy atom. The fraction of sp³-hybridized carbons (Fsp3) is 0.600. The van der Waals surface area contributed by atoms with Crippen LogP contribution < -0.4 is 68.9 Å². The Morgan fingerprint density at radius 2 is 1.82 bits per heavy atom. The van der Waals surface area contributed by atoms with Crippen molar-refractivity contribution in [3.8, 4) is 0 Å². The molecule has 0 saturated carbocycles. The summed E-state index contributed by atoms with van der Waals surface area (Å²) in [6, 6.07) is 0. The first-order valence-corrected chi connectivity index (χ1v) is 6.59. The molecular formula is C5H10Na2O8P2. The van der Waals surface area contributed by atoms with Gasteiger partial charge < -0.3 is 24.3 Å². The summed E-state index contributed by atoms with van der Waals surface area (Å²) in [6.07, 6.45) is 1.26. The van der Waals surface area contributed by atoms with E-state index < -0.39 is 22.3 Å². The minimum atomic E-state index is -5.38. The summed E-state index contributed by atoms with van der Waals surface area (Å²) >= 11 is 0. The van der Waals surface area contributed by atoms with E-state index in [0.717, 1.165) is 0 Å². The van der Waals surface area contributed by atoms with Crippen LogP contribution >= 0.6 is 15.6 Å². The standard InChI is InChI=1S/C5H12O8P2.2Na/c1-5(2-3-6)4-12-15(10,11)13-14(7,8)9;;/h2,6H,3-4H2,1H3,(H,10,11)(H2,7,8,9);;/q;2*+1/p-2/b5-2+;;. The number of aliphatic hydroxyl groups excluding tert-OH is 1. The van der Waals surface area contributed by atoms with Crippen LogP contribution in [0.15, 0.2) is 11.6 Å². The van der Waals surface area contributed by atoms with Gasteiger partial charge in [-0.25, -0.2) is 4.31 Å². The third kappa shape index (κ3) is 15.9. The van der Waals surface area contributed by atoms with Gasteiger partial charge in [-0.3, -0.25) is 9.13 Å². The number of rotatable bonds is 6. The van der Waals surface area contributed by atoms with Crippen molar-refractivity contribution in [2.24, 2.45) is 0 Å². The van der Waals surface area contributed by atoms with Crippen LogP contribution in [0.2, 0.25) is 0 Å². The molecule has 2 N–H and O–H groups in total. The zero-order chi connectivity index (χ0) is 12.1. The smallest absolute Gasteiger partial charge is 0.756 e.